The summed E-state index contributed by atoms with van der Waals surface area (Å²) in [5.41, 5.74) is 3.43. The fourth-order valence-electron chi connectivity index (χ4n) is 2.37. The second kappa shape index (κ2) is 5.66. The van der Waals surface area contributed by atoms with Crippen LogP contribution in [0, 0.1) is 0 Å². The van der Waals surface area contributed by atoms with Crippen molar-refractivity contribution in [3.63, 3.8) is 0 Å². The van der Waals surface area contributed by atoms with Crippen LogP contribution in [0.15, 0.2) is 47.3 Å². The van der Waals surface area contributed by atoms with Gasteiger partial charge in [-0.3, -0.25) is 0 Å². The fraction of sp³-hybridized carbons (Fsp3) is 0.188. The third kappa shape index (κ3) is 2.95. The summed E-state index contributed by atoms with van der Waals surface area (Å²) < 4.78 is 5.22. The van der Waals surface area contributed by atoms with Crippen LogP contribution in [-0.4, -0.2) is 17.1 Å². The smallest absolute Gasteiger partial charge is 0.323 e. The van der Waals surface area contributed by atoms with Gasteiger partial charge >= 0.3 is 5.69 Å². The molecule has 0 amide bonds. The van der Waals surface area contributed by atoms with Gasteiger partial charge in [0, 0.05) is 0 Å². The molecule has 0 radical (unpaired) electrons. The number of alkyl halides is 1. The van der Waals surface area contributed by atoms with Crippen molar-refractivity contribution >= 4 is 22.6 Å². The summed E-state index contributed by atoms with van der Waals surface area (Å²) >= 11 is 6.50. The number of hydrogen-bond donors (Lipinski definition) is 2. The number of aromatic nitrogens is 2. The number of hydrogen-bond acceptors (Lipinski definition) is 2. The van der Waals surface area contributed by atoms with E-state index in [0.717, 1.165) is 27.9 Å². The van der Waals surface area contributed by atoms with Crippen LogP contribution in [0.5, 0.6) is 5.75 Å². The SMILES string of the molecule is COc1cccc(CC(Cl)c2ccc3[nH]c(=O)[nH]c3c2)c1. The standard InChI is InChI=1S/C16H15ClN2O2/c1-21-12-4-2-3-10(7-12)8-13(17)11-5-6-14-15(9-11)19-16(20)18-14/h2-7,9,13H,8H2,1H3,(H2,18,19,20). The van der Waals surface area contributed by atoms with Crippen LogP contribution in [-0.2, 0) is 6.42 Å². The minimum absolute atomic E-state index is 0.167. The van der Waals surface area contributed by atoms with E-state index < -0.39 is 0 Å². The maximum atomic E-state index is 11.3. The molecule has 0 bridgehead atoms. The predicted molar refractivity (Wildman–Crippen MR) is 84.2 cm³/mol. The van der Waals surface area contributed by atoms with Crippen molar-refractivity contribution in [2.45, 2.75) is 11.8 Å². The summed E-state index contributed by atoms with van der Waals surface area (Å²) in [4.78, 5) is 16.7. The lowest BCUT2D eigenvalue weighted by molar-refractivity contribution is 0.414. The van der Waals surface area contributed by atoms with Gasteiger partial charge in [-0.05, 0) is 41.8 Å². The highest BCUT2D eigenvalue weighted by Crippen LogP contribution is 2.27. The summed E-state index contributed by atoms with van der Waals surface area (Å²) in [6, 6.07) is 13.6. The molecule has 0 aliphatic heterocycles. The molecule has 0 spiro atoms. The number of imidazole rings is 1. The number of H-pyrrole nitrogens is 2. The average Bonchev–Trinajstić information content (AvgIpc) is 2.86. The van der Waals surface area contributed by atoms with E-state index >= 15 is 0 Å². The molecule has 3 aromatic rings. The zero-order valence-corrected chi connectivity index (χ0v) is 12.3. The van der Waals surface area contributed by atoms with E-state index in [1.165, 1.54) is 0 Å². The van der Waals surface area contributed by atoms with Crippen molar-refractivity contribution in [1.82, 2.24) is 9.97 Å². The van der Waals surface area contributed by atoms with Crippen molar-refractivity contribution in [1.29, 1.82) is 0 Å². The Kier molecular flexibility index (Phi) is 3.71. The van der Waals surface area contributed by atoms with Crippen LogP contribution in [0.25, 0.3) is 11.0 Å². The fourth-order valence-corrected chi connectivity index (χ4v) is 2.68. The quantitative estimate of drug-likeness (QED) is 0.726. The minimum Gasteiger partial charge on any atom is -0.497 e. The van der Waals surface area contributed by atoms with Gasteiger partial charge in [-0.1, -0.05) is 18.2 Å². The Bertz CT molecular complexity index is 822. The summed E-state index contributed by atoms with van der Waals surface area (Å²) in [5.74, 6) is 0.821. The van der Waals surface area contributed by atoms with Gasteiger partial charge in [0.15, 0.2) is 0 Å². The Morgan fingerprint density at radius 2 is 1.95 bits per heavy atom. The van der Waals surface area contributed by atoms with Crippen molar-refractivity contribution in [2.24, 2.45) is 0 Å². The van der Waals surface area contributed by atoms with Crippen LogP contribution in [0.1, 0.15) is 16.5 Å². The maximum Gasteiger partial charge on any atom is 0.323 e. The molecule has 108 valence electrons. The zero-order chi connectivity index (χ0) is 14.8. The number of nitrogens with one attached hydrogen (secondary N) is 2. The number of rotatable bonds is 4. The number of benzene rings is 2. The van der Waals surface area contributed by atoms with Gasteiger partial charge in [-0.2, -0.15) is 0 Å². The molecule has 0 aliphatic rings. The Labute approximate surface area is 126 Å². The molecule has 1 heterocycles. The molecule has 4 nitrogen and oxygen atoms in total. The van der Waals surface area contributed by atoms with Gasteiger partial charge in [0.05, 0.1) is 23.5 Å². The Balaban J connectivity index is 1.85. The minimum atomic E-state index is -0.207. The first-order chi connectivity index (χ1) is 10.2. The Morgan fingerprint density at radius 1 is 1.14 bits per heavy atom. The van der Waals surface area contributed by atoms with Crippen LogP contribution < -0.4 is 10.4 Å². The first-order valence-corrected chi connectivity index (χ1v) is 7.08. The van der Waals surface area contributed by atoms with Crippen LogP contribution in [0.3, 0.4) is 0 Å². The monoisotopic (exact) mass is 302 g/mol. The van der Waals surface area contributed by atoms with Gasteiger partial charge < -0.3 is 14.7 Å². The van der Waals surface area contributed by atoms with E-state index in [-0.39, 0.29) is 11.1 Å². The van der Waals surface area contributed by atoms with Crippen molar-refractivity contribution in [3.8, 4) is 5.75 Å². The molecule has 0 saturated heterocycles. The molecule has 0 fully saturated rings. The molecule has 2 aromatic carbocycles. The number of fused-ring (bicyclic) bond motifs is 1. The first-order valence-electron chi connectivity index (χ1n) is 6.64. The predicted octanol–water partition coefficient (Wildman–Crippen LogP) is 3.39. The Morgan fingerprint density at radius 3 is 2.76 bits per heavy atom. The number of aromatic amines is 2. The normalized spacial score (nSPS) is 12.5. The third-order valence-corrected chi connectivity index (χ3v) is 3.86. The number of ether oxygens (including phenoxy) is 1. The molecule has 0 saturated carbocycles. The molecule has 5 heteroatoms. The van der Waals surface area contributed by atoms with Gasteiger partial charge in [-0.15, -0.1) is 11.6 Å². The Hall–Kier alpha value is -2.20. The highest BCUT2D eigenvalue weighted by Gasteiger charge is 2.11. The highest BCUT2D eigenvalue weighted by atomic mass is 35.5. The first kappa shape index (κ1) is 13.8. The zero-order valence-electron chi connectivity index (χ0n) is 11.5. The van der Waals surface area contributed by atoms with E-state index in [2.05, 4.69) is 9.97 Å². The lowest BCUT2D eigenvalue weighted by atomic mass is 10.0. The molecule has 1 unspecified atom stereocenters. The summed E-state index contributed by atoms with van der Waals surface area (Å²) in [7, 11) is 1.65. The molecule has 1 atom stereocenters. The van der Waals surface area contributed by atoms with Crippen LogP contribution >= 0.6 is 11.6 Å². The second-order valence-corrected chi connectivity index (χ2v) is 5.43. The molecular formula is C16H15ClN2O2. The largest absolute Gasteiger partial charge is 0.497 e. The van der Waals surface area contributed by atoms with Crippen molar-refractivity contribution in [2.75, 3.05) is 7.11 Å². The van der Waals surface area contributed by atoms with E-state index in [9.17, 15) is 4.79 Å². The van der Waals surface area contributed by atoms with E-state index in [1.807, 2.05) is 42.5 Å². The molecule has 21 heavy (non-hydrogen) atoms. The van der Waals surface area contributed by atoms with Crippen LogP contribution in [0.2, 0.25) is 0 Å². The third-order valence-electron chi connectivity index (χ3n) is 3.45. The van der Waals surface area contributed by atoms with Crippen molar-refractivity contribution < 1.29 is 4.74 Å². The molecule has 2 N–H and O–H groups in total. The second-order valence-electron chi connectivity index (χ2n) is 4.91. The summed E-state index contributed by atoms with van der Waals surface area (Å²) in [6.07, 6.45) is 0.693. The average molecular weight is 303 g/mol. The van der Waals surface area contributed by atoms with Gasteiger partial charge in [-0.25, -0.2) is 4.79 Å². The molecule has 3 rings (SSSR count). The van der Waals surface area contributed by atoms with Gasteiger partial charge in [0.2, 0.25) is 0 Å². The number of methoxy groups -OCH3 is 1. The topological polar surface area (TPSA) is 57.9 Å². The maximum absolute atomic E-state index is 11.3. The highest BCUT2D eigenvalue weighted by molar-refractivity contribution is 6.21. The summed E-state index contributed by atoms with van der Waals surface area (Å²) in [6.45, 7) is 0. The van der Waals surface area contributed by atoms with Gasteiger partial charge in [0.1, 0.15) is 5.75 Å². The van der Waals surface area contributed by atoms with E-state index in [1.54, 1.807) is 7.11 Å². The lowest BCUT2D eigenvalue weighted by Gasteiger charge is -2.11. The molecule has 0 aliphatic carbocycles. The molecule has 1 aromatic heterocycles. The molecular weight excluding hydrogens is 288 g/mol. The van der Waals surface area contributed by atoms with Crippen LogP contribution in [0.4, 0.5) is 0 Å². The number of halogens is 1. The van der Waals surface area contributed by atoms with E-state index in [0.29, 0.717) is 6.42 Å². The van der Waals surface area contributed by atoms with Gasteiger partial charge in [0.25, 0.3) is 0 Å². The lowest BCUT2D eigenvalue weighted by Crippen LogP contribution is -1.99. The van der Waals surface area contributed by atoms with E-state index in [4.69, 9.17) is 16.3 Å². The van der Waals surface area contributed by atoms with Crippen molar-refractivity contribution in [3.05, 3.63) is 64.1 Å². The summed E-state index contributed by atoms with van der Waals surface area (Å²) in [5, 5.41) is -0.167.